The second-order valence-electron chi connectivity index (χ2n) is 5.46. The van der Waals surface area contributed by atoms with Gasteiger partial charge in [-0.05, 0) is 24.0 Å². The zero-order chi connectivity index (χ0) is 16.6. The molecule has 124 valence electrons. The predicted octanol–water partition coefficient (Wildman–Crippen LogP) is 2.14. The van der Waals surface area contributed by atoms with Gasteiger partial charge in [0, 0.05) is 6.54 Å². The molecule has 6 heteroatoms. The maximum Gasteiger partial charge on any atom is 0.321 e. The molecule has 0 aliphatic rings. The Balaban J connectivity index is 2.67. The van der Waals surface area contributed by atoms with E-state index in [-0.39, 0.29) is 12.2 Å². The van der Waals surface area contributed by atoms with Gasteiger partial charge in [0.25, 0.3) is 0 Å². The maximum atomic E-state index is 12.3. The van der Waals surface area contributed by atoms with Crippen molar-refractivity contribution in [3.63, 3.8) is 0 Å². The number of hydrogen-bond donors (Lipinski definition) is 2. The van der Waals surface area contributed by atoms with E-state index in [4.69, 9.17) is 5.73 Å². The minimum atomic E-state index is -3.64. The second kappa shape index (κ2) is 8.90. The highest BCUT2D eigenvalue weighted by atomic mass is 32.2. The van der Waals surface area contributed by atoms with E-state index in [1.165, 1.54) is 0 Å². The quantitative estimate of drug-likeness (QED) is 0.642. The van der Waals surface area contributed by atoms with Crippen molar-refractivity contribution < 1.29 is 18.3 Å². The predicted molar refractivity (Wildman–Crippen MR) is 87.4 cm³/mol. The van der Waals surface area contributed by atoms with Crippen LogP contribution in [0.15, 0.2) is 24.3 Å². The number of rotatable bonds is 10. The maximum absolute atomic E-state index is 12.3. The zero-order valence-corrected chi connectivity index (χ0v) is 13.8. The summed E-state index contributed by atoms with van der Waals surface area (Å²) < 4.78 is 24.5. The number of benzene rings is 1. The fraction of sp³-hybridized carbons (Fsp3) is 0.562. The third kappa shape index (κ3) is 5.77. The van der Waals surface area contributed by atoms with Crippen molar-refractivity contribution in [2.24, 2.45) is 5.73 Å². The summed E-state index contributed by atoms with van der Waals surface area (Å²) in [6, 6.07) is 7.39. The SMILES string of the molecule is CCCCCC(C(=O)O)S(=O)(=O)CCc1ccc(CN)cc1. The molecule has 0 aliphatic heterocycles. The summed E-state index contributed by atoms with van der Waals surface area (Å²) in [6.45, 7) is 2.44. The van der Waals surface area contributed by atoms with Crippen molar-refractivity contribution >= 4 is 15.8 Å². The molecule has 0 aromatic heterocycles. The van der Waals surface area contributed by atoms with Crippen molar-refractivity contribution in [2.45, 2.75) is 50.8 Å². The van der Waals surface area contributed by atoms with Crippen LogP contribution in [0, 0.1) is 0 Å². The average molecular weight is 327 g/mol. The van der Waals surface area contributed by atoms with Crippen LogP contribution in [0.3, 0.4) is 0 Å². The fourth-order valence-corrected chi connectivity index (χ4v) is 3.92. The van der Waals surface area contributed by atoms with Gasteiger partial charge in [0.05, 0.1) is 5.75 Å². The van der Waals surface area contributed by atoms with Gasteiger partial charge in [0.2, 0.25) is 0 Å². The van der Waals surface area contributed by atoms with Crippen molar-refractivity contribution in [3.8, 4) is 0 Å². The first-order valence-corrected chi connectivity index (χ1v) is 9.34. The summed E-state index contributed by atoms with van der Waals surface area (Å²) in [5.41, 5.74) is 7.37. The smallest absolute Gasteiger partial charge is 0.321 e. The third-order valence-electron chi connectivity index (χ3n) is 3.71. The molecule has 0 bridgehead atoms. The van der Waals surface area contributed by atoms with Gasteiger partial charge in [-0.25, -0.2) is 8.42 Å². The zero-order valence-electron chi connectivity index (χ0n) is 13.0. The van der Waals surface area contributed by atoms with Gasteiger partial charge in [-0.2, -0.15) is 0 Å². The van der Waals surface area contributed by atoms with E-state index in [0.717, 1.165) is 24.0 Å². The van der Waals surface area contributed by atoms with Crippen LogP contribution in [-0.4, -0.2) is 30.5 Å². The number of unbranched alkanes of at least 4 members (excludes halogenated alkanes) is 2. The monoisotopic (exact) mass is 327 g/mol. The highest BCUT2D eigenvalue weighted by Crippen LogP contribution is 2.15. The Kier molecular flexibility index (Phi) is 7.55. The first kappa shape index (κ1) is 18.6. The minimum Gasteiger partial charge on any atom is -0.480 e. The van der Waals surface area contributed by atoms with E-state index in [1.54, 1.807) is 0 Å². The molecule has 1 rings (SSSR count). The molecule has 0 heterocycles. The molecule has 5 nitrogen and oxygen atoms in total. The molecule has 0 spiro atoms. The molecule has 0 radical (unpaired) electrons. The van der Waals surface area contributed by atoms with Gasteiger partial charge >= 0.3 is 5.97 Å². The first-order chi connectivity index (χ1) is 10.4. The number of carboxylic acid groups (broad SMARTS) is 1. The number of nitrogens with two attached hydrogens (primary N) is 1. The Morgan fingerprint density at radius 1 is 1.18 bits per heavy atom. The molecule has 3 N–H and O–H groups in total. The highest BCUT2D eigenvalue weighted by molar-refractivity contribution is 7.92. The molecule has 1 unspecified atom stereocenters. The Morgan fingerprint density at radius 3 is 2.27 bits per heavy atom. The Bertz CT molecular complexity index is 566. The number of aryl methyl sites for hydroxylation is 1. The van der Waals surface area contributed by atoms with Crippen LogP contribution in [0.1, 0.15) is 43.7 Å². The average Bonchev–Trinajstić information content (AvgIpc) is 2.49. The van der Waals surface area contributed by atoms with Gasteiger partial charge in [-0.1, -0.05) is 50.5 Å². The number of hydrogen-bond acceptors (Lipinski definition) is 4. The highest BCUT2D eigenvalue weighted by Gasteiger charge is 2.31. The van der Waals surface area contributed by atoms with Crippen LogP contribution in [0.5, 0.6) is 0 Å². The Labute approximate surface area is 132 Å². The Hall–Kier alpha value is -1.40. The van der Waals surface area contributed by atoms with Crippen LogP contribution in [-0.2, 0) is 27.6 Å². The summed E-state index contributed by atoms with van der Waals surface area (Å²) in [4.78, 5) is 11.2. The number of carboxylic acids is 1. The lowest BCUT2D eigenvalue weighted by Gasteiger charge is -2.13. The number of sulfone groups is 1. The normalized spacial score (nSPS) is 13.0. The molecule has 0 saturated carbocycles. The van der Waals surface area contributed by atoms with Crippen molar-refractivity contribution in [3.05, 3.63) is 35.4 Å². The molecule has 0 fully saturated rings. The van der Waals surface area contributed by atoms with Gasteiger partial charge < -0.3 is 10.8 Å². The van der Waals surface area contributed by atoms with Crippen LogP contribution in [0.2, 0.25) is 0 Å². The summed E-state index contributed by atoms with van der Waals surface area (Å²) >= 11 is 0. The largest absolute Gasteiger partial charge is 0.480 e. The van der Waals surface area contributed by atoms with Gasteiger partial charge in [0.15, 0.2) is 15.1 Å². The fourth-order valence-electron chi connectivity index (χ4n) is 2.28. The van der Waals surface area contributed by atoms with E-state index >= 15 is 0 Å². The van der Waals surface area contributed by atoms with Crippen molar-refractivity contribution in [1.29, 1.82) is 0 Å². The molecule has 0 saturated heterocycles. The standard InChI is InChI=1S/C16H25NO4S/c1-2-3-4-5-15(16(18)19)22(20,21)11-10-13-6-8-14(12-17)9-7-13/h6-9,15H,2-5,10-12,17H2,1H3,(H,18,19). The Morgan fingerprint density at radius 2 is 1.77 bits per heavy atom. The van der Waals surface area contributed by atoms with E-state index in [0.29, 0.717) is 19.4 Å². The van der Waals surface area contributed by atoms with E-state index in [9.17, 15) is 18.3 Å². The lowest BCUT2D eigenvalue weighted by molar-refractivity contribution is -0.136. The van der Waals surface area contributed by atoms with E-state index in [2.05, 4.69) is 0 Å². The number of carbonyl (C=O) groups is 1. The lowest BCUT2D eigenvalue weighted by Crippen LogP contribution is -2.32. The van der Waals surface area contributed by atoms with Crippen molar-refractivity contribution in [1.82, 2.24) is 0 Å². The van der Waals surface area contributed by atoms with Gasteiger partial charge in [-0.3, -0.25) is 4.79 Å². The van der Waals surface area contributed by atoms with Gasteiger partial charge in [0.1, 0.15) is 0 Å². The number of aliphatic carboxylic acids is 1. The molecule has 1 aromatic carbocycles. The summed E-state index contributed by atoms with van der Waals surface area (Å²) in [7, 11) is -3.64. The molecule has 0 aliphatic carbocycles. The van der Waals surface area contributed by atoms with Crippen LogP contribution in [0.25, 0.3) is 0 Å². The van der Waals surface area contributed by atoms with Crippen LogP contribution < -0.4 is 5.73 Å². The van der Waals surface area contributed by atoms with Crippen LogP contribution in [0.4, 0.5) is 0 Å². The van der Waals surface area contributed by atoms with E-state index in [1.807, 2.05) is 31.2 Å². The van der Waals surface area contributed by atoms with E-state index < -0.39 is 21.1 Å². The topological polar surface area (TPSA) is 97.5 Å². The third-order valence-corrected chi connectivity index (χ3v) is 5.79. The summed E-state index contributed by atoms with van der Waals surface area (Å²) in [6.07, 6.45) is 2.92. The summed E-state index contributed by atoms with van der Waals surface area (Å²) in [5, 5.41) is 7.89. The molecule has 1 atom stereocenters. The second-order valence-corrected chi connectivity index (χ2v) is 7.76. The molecule has 0 amide bonds. The first-order valence-electron chi connectivity index (χ1n) is 7.63. The van der Waals surface area contributed by atoms with Crippen LogP contribution >= 0.6 is 0 Å². The molecule has 1 aromatic rings. The summed E-state index contributed by atoms with van der Waals surface area (Å²) in [5.74, 6) is -1.38. The van der Waals surface area contributed by atoms with Crippen molar-refractivity contribution in [2.75, 3.05) is 5.75 Å². The minimum absolute atomic E-state index is 0.141. The molecule has 22 heavy (non-hydrogen) atoms. The van der Waals surface area contributed by atoms with Gasteiger partial charge in [-0.15, -0.1) is 0 Å². The molecular weight excluding hydrogens is 302 g/mol. The lowest BCUT2D eigenvalue weighted by atomic mass is 10.1. The molecular formula is C16H25NO4S.